The molecular formula is C65H47N. The second kappa shape index (κ2) is 14.5. The van der Waals surface area contributed by atoms with Crippen molar-refractivity contribution in [2.45, 2.75) is 31.6 Å². The van der Waals surface area contributed by atoms with Gasteiger partial charge in [0.1, 0.15) is 0 Å². The van der Waals surface area contributed by atoms with Gasteiger partial charge in [-0.25, -0.2) is 0 Å². The molecular weight excluding hydrogens is 795 g/mol. The number of rotatable bonds is 6. The first-order chi connectivity index (χ1) is 32.4. The van der Waals surface area contributed by atoms with Gasteiger partial charge >= 0.3 is 0 Å². The number of aryl methyl sites for hydroxylation is 1. The molecule has 0 N–H and O–H groups in total. The van der Waals surface area contributed by atoms with Gasteiger partial charge in [0.05, 0.1) is 11.1 Å². The zero-order valence-electron chi connectivity index (χ0n) is 37.4. The maximum atomic E-state index is 2.55. The fraction of sp³-hybridized carbons (Fsp3) is 0.0769. The van der Waals surface area contributed by atoms with E-state index in [-0.39, 0.29) is 5.41 Å². The lowest BCUT2D eigenvalue weighted by atomic mass is 9.70. The minimum absolute atomic E-state index is 0.170. The Morgan fingerprint density at radius 3 is 1.39 bits per heavy atom. The lowest BCUT2D eigenvalue weighted by molar-refractivity contribution is 0.660. The summed E-state index contributed by atoms with van der Waals surface area (Å²) in [5.41, 5.74) is 27.1. The van der Waals surface area contributed by atoms with Crippen LogP contribution < -0.4 is 4.90 Å². The fourth-order valence-electron chi connectivity index (χ4n) is 12.0. The minimum Gasteiger partial charge on any atom is -0.310 e. The second-order valence-electron chi connectivity index (χ2n) is 18.9. The monoisotopic (exact) mass is 841 g/mol. The molecule has 312 valence electrons. The Morgan fingerprint density at radius 1 is 0.303 bits per heavy atom. The van der Waals surface area contributed by atoms with Crippen LogP contribution in [0.1, 0.15) is 52.8 Å². The molecule has 0 aromatic heterocycles. The Labute approximate surface area is 388 Å². The normalized spacial score (nSPS) is 13.9. The van der Waals surface area contributed by atoms with Gasteiger partial charge in [0, 0.05) is 22.4 Å². The molecule has 1 nitrogen and oxygen atoms in total. The van der Waals surface area contributed by atoms with Crippen molar-refractivity contribution < 1.29 is 0 Å². The van der Waals surface area contributed by atoms with Crippen molar-refractivity contribution >= 4 is 17.1 Å². The van der Waals surface area contributed by atoms with Crippen LogP contribution in [-0.2, 0) is 10.8 Å². The molecule has 0 heterocycles. The molecule has 3 aliphatic carbocycles. The van der Waals surface area contributed by atoms with Gasteiger partial charge in [0.2, 0.25) is 0 Å². The smallest absolute Gasteiger partial charge is 0.0725 e. The van der Waals surface area contributed by atoms with Crippen LogP contribution in [0.4, 0.5) is 17.1 Å². The molecule has 13 rings (SSSR count). The van der Waals surface area contributed by atoms with E-state index in [2.05, 4.69) is 256 Å². The Kier molecular flexibility index (Phi) is 8.45. The summed E-state index contributed by atoms with van der Waals surface area (Å²) in [6, 6.07) is 86.5. The average molecular weight is 842 g/mol. The molecule has 10 aromatic rings. The maximum Gasteiger partial charge on any atom is 0.0725 e. The molecule has 0 aliphatic heterocycles. The molecule has 0 fully saturated rings. The van der Waals surface area contributed by atoms with Crippen molar-refractivity contribution in [1.29, 1.82) is 0 Å². The van der Waals surface area contributed by atoms with E-state index in [0.717, 1.165) is 17.1 Å². The van der Waals surface area contributed by atoms with Crippen LogP contribution >= 0.6 is 0 Å². The number of anilines is 3. The number of nitrogens with zero attached hydrogens (tertiary/aromatic N) is 1. The van der Waals surface area contributed by atoms with Crippen LogP contribution in [0.25, 0.3) is 66.8 Å². The Bertz CT molecular complexity index is 3470. The van der Waals surface area contributed by atoms with Crippen molar-refractivity contribution in [2.75, 3.05) is 4.90 Å². The molecule has 10 aromatic carbocycles. The van der Waals surface area contributed by atoms with E-state index in [0.29, 0.717) is 0 Å². The zero-order valence-corrected chi connectivity index (χ0v) is 37.4. The lowest BCUT2D eigenvalue weighted by Crippen LogP contribution is -2.25. The summed E-state index contributed by atoms with van der Waals surface area (Å²) in [5, 5.41) is 0. The van der Waals surface area contributed by atoms with Crippen LogP contribution in [0, 0.1) is 6.92 Å². The predicted molar refractivity (Wildman–Crippen MR) is 276 cm³/mol. The van der Waals surface area contributed by atoms with Gasteiger partial charge in [-0.3, -0.25) is 0 Å². The third-order valence-corrected chi connectivity index (χ3v) is 14.9. The van der Waals surface area contributed by atoms with E-state index in [1.54, 1.807) is 0 Å². The van der Waals surface area contributed by atoms with Crippen molar-refractivity contribution in [3.05, 3.63) is 269 Å². The highest BCUT2D eigenvalue weighted by Gasteiger charge is 2.52. The van der Waals surface area contributed by atoms with Crippen molar-refractivity contribution in [3.8, 4) is 66.8 Å². The summed E-state index contributed by atoms with van der Waals surface area (Å²) in [7, 11) is 0. The van der Waals surface area contributed by atoms with E-state index >= 15 is 0 Å². The highest BCUT2D eigenvalue weighted by Crippen LogP contribution is 2.64. The third kappa shape index (κ3) is 5.47. The molecule has 0 radical (unpaired) electrons. The van der Waals surface area contributed by atoms with Gasteiger partial charge in [-0.15, -0.1) is 0 Å². The topological polar surface area (TPSA) is 3.24 Å². The van der Waals surface area contributed by atoms with Crippen LogP contribution in [0.5, 0.6) is 0 Å². The molecule has 3 aliphatic rings. The van der Waals surface area contributed by atoms with Gasteiger partial charge in [-0.2, -0.15) is 0 Å². The summed E-state index contributed by atoms with van der Waals surface area (Å²) < 4.78 is 0. The van der Waals surface area contributed by atoms with Gasteiger partial charge < -0.3 is 4.90 Å². The first-order valence-corrected chi connectivity index (χ1v) is 23.3. The Hall–Kier alpha value is -8.00. The Morgan fingerprint density at radius 2 is 0.773 bits per heavy atom. The van der Waals surface area contributed by atoms with E-state index in [1.165, 1.54) is 106 Å². The summed E-state index contributed by atoms with van der Waals surface area (Å²) in [4.78, 5) is 2.55. The molecule has 0 amide bonds. The molecule has 0 saturated heterocycles. The molecule has 66 heavy (non-hydrogen) atoms. The van der Waals surface area contributed by atoms with Crippen LogP contribution in [-0.4, -0.2) is 0 Å². The van der Waals surface area contributed by atoms with Gasteiger partial charge in [-0.1, -0.05) is 208 Å². The third-order valence-electron chi connectivity index (χ3n) is 14.9. The minimum atomic E-state index is -0.436. The lowest BCUT2D eigenvalue weighted by Gasteiger charge is -2.32. The standard InChI is InChI=1S/C65H47N/c1-42-33-35-53(54-27-18-32-60-63(54)55-26-13-17-31-59(55)65(60)57-29-15-11-24-50(57)51-25-12-16-30-58(51)65)62(37-42)66(47-34-36-52-49-23-10-14-28-56(49)64(2,3)61(52)41-47)48-39-45(43-19-6-4-7-20-43)38-46(40-48)44-21-8-5-9-22-44/h4-41H,1-3H3. The van der Waals surface area contributed by atoms with Gasteiger partial charge in [0.25, 0.3) is 0 Å². The molecule has 1 heteroatoms. The highest BCUT2D eigenvalue weighted by atomic mass is 15.1. The molecule has 0 unspecified atom stereocenters. The second-order valence-corrected chi connectivity index (χ2v) is 18.9. The fourth-order valence-corrected chi connectivity index (χ4v) is 12.0. The molecule has 0 saturated carbocycles. The summed E-state index contributed by atoms with van der Waals surface area (Å²) in [6.45, 7) is 7.00. The van der Waals surface area contributed by atoms with Crippen LogP contribution in [0.3, 0.4) is 0 Å². The van der Waals surface area contributed by atoms with Crippen molar-refractivity contribution in [3.63, 3.8) is 0 Å². The number of hydrogen-bond acceptors (Lipinski definition) is 1. The highest BCUT2D eigenvalue weighted by molar-refractivity contribution is 6.03. The van der Waals surface area contributed by atoms with Gasteiger partial charge in [-0.05, 0) is 143 Å². The first-order valence-electron chi connectivity index (χ1n) is 23.3. The quantitative estimate of drug-likeness (QED) is 0.161. The number of hydrogen-bond donors (Lipinski definition) is 0. The zero-order chi connectivity index (χ0) is 44.1. The molecule has 0 bridgehead atoms. The van der Waals surface area contributed by atoms with Crippen molar-refractivity contribution in [2.24, 2.45) is 0 Å². The Balaban J connectivity index is 1.10. The maximum absolute atomic E-state index is 2.55. The predicted octanol–water partition coefficient (Wildman–Crippen LogP) is 17.1. The number of benzene rings is 10. The van der Waals surface area contributed by atoms with E-state index in [4.69, 9.17) is 0 Å². The first kappa shape index (κ1) is 38.5. The van der Waals surface area contributed by atoms with Gasteiger partial charge in [0.15, 0.2) is 0 Å². The SMILES string of the molecule is Cc1ccc(-c2cccc3c2-c2ccccc2C32c3ccccc3-c3ccccc32)c(N(c2cc(-c3ccccc3)cc(-c3ccccc3)c2)c2ccc3c(c2)C(C)(C)c2ccccc2-3)c1. The summed E-state index contributed by atoms with van der Waals surface area (Å²) >= 11 is 0. The largest absolute Gasteiger partial charge is 0.310 e. The van der Waals surface area contributed by atoms with E-state index in [1.807, 2.05) is 0 Å². The summed E-state index contributed by atoms with van der Waals surface area (Å²) in [5.74, 6) is 0. The van der Waals surface area contributed by atoms with Crippen LogP contribution in [0.2, 0.25) is 0 Å². The van der Waals surface area contributed by atoms with E-state index in [9.17, 15) is 0 Å². The van der Waals surface area contributed by atoms with E-state index < -0.39 is 5.41 Å². The summed E-state index contributed by atoms with van der Waals surface area (Å²) in [6.07, 6.45) is 0. The number of fused-ring (bicyclic) bond motifs is 13. The van der Waals surface area contributed by atoms with Crippen molar-refractivity contribution in [1.82, 2.24) is 0 Å². The molecule has 0 atom stereocenters. The molecule has 1 spiro atoms. The average Bonchev–Trinajstić information content (AvgIpc) is 3.93. The van der Waals surface area contributed by atoms with Crippen LogP contribution in [0.15, 0.2) is 231 Å².